The van der Waals surface area contributed by atoms with E-state index in [0.717, 1.165) is 31.6 Å². The van der Waals surface area contributed by atoms with Crippen molar-refractivity contribution in [2.24, 2.45) is 5.92 Å². The Bertz CT molecular complexity index is 337. The van der Waals surface area contributed by atoms with Gasteiger partial charge in [-0.05, 0) is 56.3 Å². The highest BCUT2D eigenvalue weighted by Crippen LogP contribution is 2.13. The van der Waals surface area contributed by atoms with Crippen molar-refractivity contribution in [3.05, 3.63) is 29.8 Å². The van der Waals surface area contributed by atoms with Gasteiger partial charge < -0.3 is 15.2 Å². The van der Waals surface area contributed by atoms with Crippen molar-refractivity contribution in [2.75, 3.05) is 20.3 Å². The molecule has 2 N–H and O–H groups in total. The molecule has 0 radical (unpaired) electrons. The van der Waals surface area contributed by atoms with Crippen molar-refractivity contribution >= 4 is 0 Å². The first-order chi connectivity index (χ1) is 9.15. The van der Waals surface area contributed by atoms with Crippen molar-refractivity contribution in [3.63, 3.8) is 0 Å². The number of rotatable bonds is 9. The fourth-order valence-corrected chi connectivity index (χ4v) is 2.00. The van der Waals surface area contributed by atoms with Gasteiger partial charge in [-0.25, -0.2) is 0 Å². The van der Waals surface area contributed by atoms with Crippen LogP contribution in [-0.4, -0.2) is 31.4 Å². The Labute approximate surface area is 117 Å². The lowest BCUT2D eigenvalue weighted by Crippen LogP contribution is -2.31. The normalized spacial score (nSPS) is 14.1. The quantitative estimate of drug-likeness (QED) is 0.721. The van der Waals surface area contributed by atoms with Crippen LogP contribution in [0.3, 0.4) is 0 Å². The highest BCUT2D eigenvalue weighted by Gasteiger charge is 2.05. The van der Waals surface area contributed by atoms with Crippen LogP contribution in [0, 0.1) is 5.92 Å². The van der Waals surface area contributed by atoms with E-state index in [-0.39, 0.29) is 6.61 Å². The van der Waals surface area contributed by atoms with Gasteiger partial charge in [0.25, 0.3) is 0 Å². The molecule has 0 amide bonds. The third kappa shape index (κ3) is 6.60. The van der Waals surface area contributed by atoms with Crippen molar-refractivity contribution in [1.29, 1.82) is 0 Å². The van der Waals surface area contributed by atoms with E-state index in [1.165, 1.54) is 5.56 Å². The summed E-state index contributed by atoms with van der Waals surface area (Å²) in [5.41, 5.74) is 1.35. The maximum atomic E-state index is 8.86. The number of hydrogen-bond acceptors (Lipinski definition) is 3. The van der Waals surface area contributed by atoms with Crippen molar-refractivity contribution in [3.8, 4) is 5.75 Å². The van der Waals surface area contributed by atoms with Crippen LogP contribution in [0.25, 0.3) is 0 Å². The third-order valence-electron chi connectivity index (χ3n) is 3.46. The summed E-state index contributed by atoms with van der Waals surface area (Å²) in [6.07, 6.45) is 3.07. The topological polar surface area (TPSA) is 41.5 Å². The van der Waals surface area contributed by atoms with Crippen LogP contribution in [0.5, 0.6) is 5.75 Å². The summed E-state index contributed by atoms with van der Waals surface area (Å²) >= 11 is 0. The van der Waals surface area contributed by atoms with Crippen LogP contribution in [0.4, 0.5) is 0 Å². The molecule has 3 heteroatoms. The number of hydrogen-bond donors (Lipinski definition) is 2. The fourth-order valence-electron chi connectivity index (χ4n) is 2.00. The van der Waals surface area contributed by atoms with Gasteiger partial charge in [0.1, 0.15) is 5.75 Å². The van der Waals surface area contributed by atoms with E-state index in [2.05, 4.69) is 31.3 Å². The predicted molar refractivity (Wildman–Crippen MR) is 79.6 cm³/mol. The van der Waals surface area contributed by atoms with Crippen LogP contribution in [0.15, 0.2) is 24.3 Å². The molecule has 0 bridgehead atoms. The predicted octanol–water partition coefficient (Wildman–Crippen LogP) is 2.62. The zero-order chi connectivity index (χ0) is 14.1. The van der Waals surface area contributed by atoms with E-state index in [1.54, 1.807) is 7.11 Å². The van der Waals surface area contributed by atoms with Gasteiger partial charge in [0.2, 0.25) is 0 Å². The maximum Gasteiger partial charge on any atom is 0.118 e. The van der Waals surface area contributed by atoms with Gasteiger partial charge >= 0.3 is 0 Å². The molecule has 0 aliphatic heterocycles. The van der Waals surface area contributed by atoms with Gasteiger partial charge in [-0.2, -0.15) is 0 Å². The lowest BCUT2D eigenvalue weighted by molar-refractivity contribution is 0.257. The summed E-state index contributed by atoms with van der Waals surface area (Å²) in [6, 6.07) is 8.77. The lowest BCUT2D eigenvalue weighted by Gasteiger charge is -2.17. The molecule has 0 fully saturated rings. The summed E-state index contributed by atoms with van der Waals surface area (Å²) in [4.78, 5) is 0. The molecule has 19 heavy (non-hydrogen) atoms. The molecule has 2 atom stereocenters. The van der Waals surface area contributed by atoms with E-state index < -0.39 is 0 Å². The molecule has 0 heterocycles. The molecule has 0 aliphatic carbocycles. The minimum Gasteiger partial charge on any atom is -0.497 e. The van der Waals surface area contributed by atoms with Crippen LogP contribution < -0.4 is 10.1 Å². The summed E-state index contributed by atoms with van der Waals surface area (Å²) in [5.74, 6) is 1.45. The number of nitrogens with one attached hydrogen (secondary N) is 1. The molecular formula is C16H27NO2. The van der Waals surface area contributed by atoms with Crippen LogP contribution in [0.2, 0.25) is 0 Å². The molecule has 0 saturated carbocycles. The molecule has 1 aromatic rings. The molecule has 3 nitrogen and oxygen atoms in total. The van der Waals surface area contributed by atoms with E-state index in [1.807, 2.05) is 12.1 Å². The standard InChI is InChI=1S/C16H27NO2/c1-13(10-11-18)12-17-14(2)4-5-15-6-8-16(19-3)9-7-15/h6-9,13-14,17-18H,4-5,10-12H2,1-3H3. The Morgan fingerprint density at radius 2 is 1.84 bits per heavy atom. The number of methoxy groups -OCH3 is 1. The van der Waals surface area contributed by atoms with Gasteiger partial charge in [0.15, 0.2) is 0 Å². The molecular weight excluding hydrogens is 238 g/mol. The lowest BCUT2D eigenvalue weighted by atomic mass is 10.0. The first kappa shape index (κ1) is 16.0. The number of aryl methyl sites for hydroxylation is 1. The summed E-state index contributed by atoms with van der Waals surface area (Å²) in [7, 11) is 1.69. The van der Waals surface area contributed by atoms with Gasteiger partial charge in [-0.3, -0.25) is 0 Å². The number of ether oxygens (including phenoxy) is 1. The fraction of sp³-hybridized carbons (Fsp3) is 0.625. The Morgan fingerprint density at radius 3 is 2.42 bits per heavy atom. The van der Waals surface area contributed by atoms with Crippen LogP contribution >= 0.6 is 0 Å². The minimum atomic E-state index is 0.281. The minimum absolute atomic E-state index is 0.281. The number of aliphatic hydroxyl groups is 1. The molecule has 1 rings (SSSR count). The van der Waals surface area contributed by atoms with E-state index in [9.17, 15) is 0 Å². The summed E-state index contributed by atoms with van der Waals surface area (Å²) in [5, 5.41) is 12.4. The zero-order valence-electron chi connectivity index (χ0n) is 12.4. The second-order valence-corrected chi connectivity index (χ2v) is 5.31. The van der Waals surface area contributed by atoms with Gasteiger partial charge in [0.05, 0.1) is 7.11 Å². The van der Waals surface area contributed by atoms with Crippen molar-refractivity contribution in [1.82, 2.24) is 5.32 Å². The largest absolute Gasteiger partial charge is 0.497 e. The number of aliphatic hydroxyl groups excluding tert-OH is 1. The summed E-state index contributed by atoms with van der Waals surface area (Å²) in [6.45, 7) is 5.64. The monoisotopic (exact) mass is 265 g/mol. The van der Waals surface area contributed by atoms with E-state index in [4.69, 9.17) is 9.84 Å². The molecule has 108 valence electrons. The second kappa shape index (κ2) is 8.94. The molecule has 1 aromatic carbocycles. The maximum absolute atomic E-state index is 8.86. The SMILES string of the molecule is COc1ccc(CCC(C)NCC(C)CCO)cc1. The number of benzene rings is 1. The van der Waals surface area contributed by atoms with Gasteiger partial charge in [-0.1, -0.05) is 19.1 Å². The van der Waals surface area contributed by atoms with Crippen LogP contribution in [-0.2, 0) is 6.42 Å². The second-order valence-electron chi connectivity index (χ2n) is 5.31. The molecule has 0 spiro atoms. The van der Waals surface area contributed by atoms with Gasteiger partial charge in [0, 0.05) is 12.6 Å². The highest BCUT2D eigenvalue weighted by atomic mass is 16.5. The molecule has 2 unspecified atom stereocenters. The van der Waals surface area contributed by atoms with Crippen molar-refractivity contribution in [2.45, 2.75) is 39.2 Å². The Hall–Kier alpha value is -1.06. The molecule has 0 aromatic heterocycles. The first-order valence-corrected chi connectivity index (χ1v) is 7.13. The molecule has 0 saturated heterocycles. The smallest absolute Gasteiger partial charge is 0.118 e. The van der Waals surface area contributed by atoms with Crippen LogP contribution in [0.1, 0.15) is 32.3 Å². The Balaban J connectivity index is 2.23. The van der Waals surface area contributed by atoms with Gasteiger partial charge in [-0.15, -0.1) is 0 Å². The third-order valence-corrected chi connectivity index (χ3v) is 3.46. The zero-order valence-corrected chi connectivity index (χ0v) is 12.4. The molecule has 0 aliphatic rings. The van der Waals surface area contributed by atoms with E-state index >= 15 is 0 Å². The van der Waals surface area contributed by atoms with E-state index in [0.29, 0.717) is 12.0 Å². The summed E-state index contributed by atoms with van der Waals surface area (Å²) < 4.78 is 5.15. The average Bonchev–Trinajstić information content (AvgIpc) is 2.44. The average molecular weight is 265 g/mol. The van der Waals surface area contributed by atoms with Crippen molar-refractivity contribution < 1.29 is 9.84 Å². The Kier molecular flexibility index (Phi) is 7.53. The first-order valence-electron chi connectivity index (χ1n) is 7.13. The Morgan fingerprint density at radius 1 is 1.16 bits per heavy atom. The highest BCUT2D eigenvalue weighted by molar-refractivity contribution is 5.27.